The summed E-state index contributed by atoms with van der Waals surface area (Å²) in [5.74, 6) is 2.09. The Labute approximate surface area is 129 Å². The molecular weight excluding hydrogens is 278 g/mol. The normalized spacial score (nSPS) is 10.9. The molecule has 3 aromatic rings. The molecule has 114 valence electrons. The molecule has 1 aromatic carbocycles. The van der Waals surface area contributed by atoms with E-state index in [2.05, 4.69) is 4.98 Å². The molecular formula is C17H19N3O2. The summed E-state index contributed by atoms with van der Waals surface area (Å²) in [6, 6.07) is 9.88. The van der Waals surface area contributed by atoms with E-state index in [9.17, 15) is 0 Å². The molecule has 0 aliphatic rings. The van der Waals surface area contributed by atoms with Crippen molar-refractivity contribution in [2.45, 2.75) is 13.3 Å². The van der Waals surface area contributed by atoms with E-state index in [0.717, 1.165) is 22.5 Å². The minimum absolute atomic E-state index is 0.646. The molecule has 0 aliphatic carbocycles. The van der Waals surface area contributed by atoms with Crippen LogP contribution in [0.5, 0.6) is 11.5 Å². The summed E-state index contributed by atoms with van der Waals surface area (Å²) >= 11 is 0. The van der Waals surface area contributed by atoms with Crippen LogP contribution in [0.2, 0.25) is 0 Å². The monoisotopic (exact) mass is 297 g/mol. The average molecular weight is 297 g/mol. The Bertz CT molecular complexity index is 824. The van der Waals surface area contributed by atoms with Gasteiger partial charge in [-0.1, -0.05) is 6.07 Å². The van der Waals surface area contributed by atoms with Crippen LogP contribution in [-0.2, 0) is 6.42 Å². The number of nitrogens with zero attached hydrogens (tertiary/aromatic N) is 2. The van der Waals surface area contributed by atoms with Gasteiger partial charge in [0.15, 0.2) is 11.5 Å². The Morgan fingerprint density at radius 2 is 1.86 bits per heavy atom. The van der Waals surface area contributed by atoms with Crippen LogP contribution in [0, 0.1) is 6.92 Å². The maximum atomic E-state index is 6.21. The van der Waals surface area contributed by atoms with E-state index < -0.39 is 0 Å². The van der Waals surface area contributed by atoms with Gasteiger partial charge in [-0.05, 0) is 42.3 Å². The highest BCUT2D eigenvalue weighted by atomic mass is 16.5. The number of nitrogens with two attached hydrogens (primary N) is 1. The van der Waals surface area contributed by atoms with Gasteiger partial charge < -0.3 is 15.2 Å². The smallest absolute Gasteiger partial charge is 0.160 e. The zero-order chi connectivity index (χ0) is 15.7. The summed E-state index contributed by atoms with van der Waals surface area (Å²) in [7, 11) is 3.25. The molecule has 0 radical (unpaired) electrons. The standard InChI is InChI=1S/C17H19N3O2/c1-11-6-7-20-16(8-11)19-13(17(20)18)9-12-4-5-14(21-2)15(10-12)22-3/h4-8,10H,9,18H2,1-3H3. The van der Waals surface area contributed by atoms with Gasteiger partial charge in [-0.2, -0.15) is 0 Å². The molecule has 0 fully saturated rings. The molecule has 2 N–H and O–H groups in total. The third-order valence-corrected chi connectivity index (χ3v) is 3.71. The Balaban J connectivity index is 1.97. The van der Waals surface area contributed by atoms with Crippen molar-refractivity contribution in [3.8, 4) is 11.5 Å². The summed E-state index contributed by atoms with van der Waals surface area (Å²) in [6.07, 6.45) is 2.60. The van der Waals surface area contributed by atoms with Crippen LogP contribution in [0.15, 0.2) is 36.5 Å². The SMILES string of the molecule is COc1ccc(Cc2nc3cc(C)ccn3c2N)cc1OC. The highest BCUT2D eigenvalue weighted by molar-refractivity contribution is 5.55. The van der Waals surface area contributed by atoms with Gasteiger partial charge in [0, 0.05) is 12.6 Å². The third-order valence-electron chi connectivity index (χ3n) is 3.71. The molecule has 3 rings (SSSR count). The van der Waals surface area contributed by atoms with Gasteiger partial charge in [0.25, 0.3) is 0 Å². The van der Waals surface area contributed by atoms with Gasteiger partial charge in [0.05, 0.1) is 19.9 Å². The molecule has 0 unspecified atom stereocenters. The van der Waals surface area contributed by atoms with Gasteiger partial charge >= 0.3 is 0 Å². The topological polar surface area (TPSA) is 61.8 Å². The van der Waals surface area contributed by atoms with Crippen molar-refractivity contribution in [1.29, 1.82) is 0 Å². The van der Waals surface area contributed by atoms with Gasteiger partial charge in [0.2, 0.25) is 0 Å². The highest BCUT2D eigenvalue weighted by Gasteiger charge is 2.11. The predicted molar refractivity (Wildman–Crippen MR) is 86.7 cm³/mol. The van der Waals surface area contributed by atoms with Crippen LogP contribution in [0.1, 0.15) is 16.8 Å². The molecule has 5 heteroatoms. The number of imidazole rings is 1. The van der Waals surface area contributed by atoms with Gasteiger partial charge in [-0.15, -0.1) is 0 Å². The number of ether oxygens (including phenoxy) is 2. The van der Waals surface area contributed by atoms with E-state index >= 15 is 0 Å². The van der Waals surface area contributed by atoms with Crippen LogP contribution in [-0.4, -0.2) is 23.6 Å². The molecule has 0 atom stereocenters. The Morgan fingerprint density at radius 3 is 2.59 bits per heavy atom. The van der Waals surface area contributed by atoms with E-state index in [4.69, 9.17) is 15.2 Å². The van der Waals surface area contributed by atoms with Crippen molar-refractivity contribution in [3.63, 3.8) is 0 Å². The number of rotatable bonds is 4. The quantitative estimate of drug-likeness (QED) is 0.804. The average Bonchev–Trinajstić information content (AvgIpc) is 2.82. The number of aromatic nitrogens is 2. The second-order valence-electron chi connectivity index (χ2n) is 5.24. The van der Waals surface area contributed by atoms with Crippen LogP contribution in [0.3, 0.4) is 0 Å². The number of fused-ring (bicyclic) bond motifs is 1. The van der Waals surface area contributed by atoms with Crippen molar-refractivity contribution < 1.29 is 9.47 Å². The van der Waals surface area contributed by atoms with Gasteiger partial charge in [-0.25, -0.2) is 4.98 Å². The number of benzene rings is 1. The molecule has 0 aliphatic heterocycles. The summed E-state index contributed by atoms with van der Waals surface area (Å²) < 4.78 is 12.5. The number of anilines is 1. The van der Waals surface area contributed by atoms with E-state index in [0.29, 0.717) is 23.7 Å². The summed E-state index contributed by atoms with van der Waals surface area (Å²) in [4.78, 5) is 4.63. The number of hydrogen-bond acceptors (Lipinski definition) is 4. The number of hydrogen-bond donors (Lipinski definition) is 1. The first-order chi connectivity index (χ1) is 10.6. The third kappa shape index (κ3) is 2.45. The van der Waals surface area contributed by atoms with Crippen LogP contribution in [0.4, 0.5) is 5.82 Å². The van der Waals surface area contributed by atoms with Gasteiger partial charge in [-0.3, -0.25) is 4.40 Å². The lowest BCUT2D eigenvalue weighted by molar-refractivity contribution is 0.354. The maximum Gasteiger partial charge on any atom is 0.160 e. The van der Waals surface area contributed by atoms with Crippen molar-refractivity contribution in [3.05, 3.63) is 53.3 Å². The fraction of sp³-hybridized carbons (Fsp3) is 0.235. The first kappa shape index (κ1) is 14.3. The molecule has 0 bridgehead atoms. The van der Waals surface area contributed by atoms with Gasteiger partial charge in [0.1, 0.15) is 11.5 Å². The molecule has 22 heavy (non-hydrogen) atoms. The van der Waals surface area contributed by atoms with E-state index in [1.54, 1.807) is 14.2 Å². The van der Waals surface area contributed by atoms with E-state index in [1.807, 2.05) is 47.9 Å². The van der Waals surface area contributed by atoms with E-state index in [-0.39, 0.29) is 0 Å². The number of methoxy groups -OCH3 is 2. The fourth-order valence-electron chi connectivity index (χ4n) is 2.53. The molecule has 0 saturated carbocycles. The van der Waals surface area contributed by atoms with Crippen molar-refractivity contribution in [2.24, 2.45) is 0 Å². The summed E-state index contributed by atoms with van der Waals surface area (Å²) in [5, 5.41) is 0. The molecule has 0 saturated heterocycles. The Morgan fingerprint density at radius 1 is 1.09 bits per heavy atom. The van der Waals surface area contributed by atoms with Crippen molar-refractivity contribution >= 4 is 11.5 Å². The van der Waals surface area contributed by atoms with Crippen molar-refractivity contribution in [2.75, 3.05) is 20.0 Å². The van der Waals surface area contributed by atoms with Crippen molar-refractivity contribution in [1.82, 2.24) is 9.38 Å². The summed E-state index contributed by atoms with van der Waals surface area (Å²) in [5.41, 5.74) is 10.2. The second kappa shape index (κ2) is 5.60. The molecule has 2 aromatic heterocycles. The van der Waals surface area contributed by atoms with E-state index in [1.165, 1.54) is 0 Å². The zero-order valence-corrected chi connectivity index (χ0v) is 13.0. The first-order valence-corrected chi connectivity index (χ1v) is 7.06. The molecule has 0 amide bonds. The maximum absolute atomic E-state index is 6.21. The Hall–Kier alpha value is -2.69. The lowest BCUT2D eigenvalue weighted by Crippen LogP contribution is -1.98. The second-order valence-corrected chi connectivity index (χ2v) is 5.24. The number of aryl methyl sites for hydroxylation is 1. The fourth-order valence-corrected chi connectivity index (χ4v) is 2.53. The zero-order valence-electron chi connectivity index (χ0n) is 13.0. The molecule has 2 heterocycles. The Kier molecular flexibility index (Phi) is 3.63. The van der Waals surface area contributed by atoms with Crippen LogP contribution >= 0.6 is 0 Å². The van der Waals surface area contributed by atoms with Crippen LogP contribution in [0.25, 0.3) is 5.65 Å². The summed E-state index contributed by atoms with van der Waals surface area (Å²) in [6.45, 7) is 2.04. The first-order valence-electron chi connectivity index (χ1n) is 7.06. The number of pyridine rings is 1. The minimum atomic E-state index is 0.646. The number of nitrogen functional groups attached to an aromatic ring is 1. The van der Waals surface area contributed by atoms with Crippen LogP contribution < -0.4 is 15.2 Å². The lowest BCUT2D eigenvalue weighted by atomic mass is 10.1. The molecule has 5 nitrogen and oxygen atoms in total. The minimum Gasteiger partial charge on any atom is -0.493 e. The largest absolute Gasteiger partial charge is 0.493 e. The predicted octanol–water partition coefficient (Wildman–Crippen LogP) is 2.83. The lowest BCUT2D eigenvalue weighted by Gasteiger charge is -2.09. The molecule has 0 spiro atoms. The highest BCUT2D eigenvalue weighted by Crippen LogP contribution is 2.29.